The van der Waals surface area contributed by atoms with Crippen LogP contribution in [-0.2, 0) is 0 Å². The number of nitrogens with zero attached hydrogens (tertiary/aromatic N) is 4. The Balaban J connectivity index is 0.934. The summed E-state index contributed by atoms with van der Waals surface area (Å²) in [5, 5.41) is 8.27. The van der Waals surface area contributed by atoms with Crippen LogP contribution in [0.2, 0.25) is 0 Å². The van der Waals surface area contributed by atoms with Crippen molar-refractivity contribution in [1.29, 1.82) is 0 Å². The second-order valence-corrected chi connectivity index (χ2v) is 14.9. The van der Waals surface area contributed by atoms with Gasteiger partial charge in [-0.25, -0.2) is 15.0 Å². The van der Waals surface area contributed by atoms with Gasteiger partial charge in [-0.1, -0.05) is 91.0 Å². The first kappa shape index (κ1) is 33.1. The standard InChI is InChI=1S/C53H32N4O2/c1-2-8-36-29-37(14-13-33(36)7-1)38-21-27-44-39(30-38)15-16-40-31-43(26-28-45(40)44)57(42-24-19-35(20-25-42)53-55-47-10-4-6-12-49(47)59-53)41-22-17-34(18-23-41)52-54-32-50-51(56-52)46-9-3-5-11-48(46)58-50/h1-32H. The molecule has 6 nitrogen and oxygen atoms in total. The van der Waals surface area contributed by atoms with Gasteiger partial charge in [-0.3, -0.25) is 0 Å². The van der Waals surface area contributed by atoms with Crippen molar-refractivity contribution in [2.24, 2.45) is 0 Å². The molecular weight excluding hydrogens is 725 g/mol. The van der Waals surface area contributed by atoms with E-state index in [1.54, 1.807) is 6.20 Å². The van der Waals surface area contributed by atoms with Gasteiger partial charge in [0.1, 0.15) is 16.6 Å². The minimum atomic E-state index is 0.595. The molecule has 59 heavy (non-hydrogen) atoms. The largest absolute Gasteiger partial charge is 0.453 e. The zero-order valence-electron chi connectivity index (χ0n) is 31.6. The molecule has 9 aromatic carbocycles. The number of fused-ring (bicyclic) bond motifs is 8. The summed E-state index contributed by atoms with van der Waals surface area (Å²) in [5.41, 5.74) is 11.2. The summed E-state index contributed by atoms with van der Waals surface area (Å²) in [6.45, 7) is 0. The van der Waals surface area contributed by atoms with E-state index in [4.69, 9.17) is 18.8 Å². The average Bonchev–Trinajstić information content (AvgIpc) is 3.91. The Hall–Kier alpha value is -8.09. The highest BCUT2D eigenvalue weighted by Crippen LogP contribution is 2.40. The fourth-order valence-electron chi connectivity index (χ4n) is 8.35. The SMILES string of the molecule is c1ccc2cc(-c3ccc4c(ccc5cc(N(c6ccc(-c7ncc8oc9ccccc9c8n7)cc6)c6ccc(-c7nc8ccccc8o7)cc6)ccc54)c3)ccc2c1. The van der Waals surface area contributed by atoms with Gasteiger partial charge in [0.2, 0.25) is 5.89 Å². The molecule has 0 atom stereocenters. The Morgan fingerprint density at radius 3 is 1.76 bits per heavy atom. The highest BCUT2D eigenvalue weighted by Gasteiger charge is 2.17. The van der Waals surface area contributed by atoms with Crippen molar-refractivity contribution in [2.75, 3.05) is 4.90 Å². The Bertz CT molecular complexity index is 3540. The van der Waals surface area contributed by atoms with Crippen LogP contribution in [0, 0.1) is 0 Å². The van der Waals surface area contributed by atoms with Gasteiger partial charge in [0.25, 0.3) is 0 Å². The third-order valence-electron chi connectivity index (χ3n) is 11.3. The molecule has 0 aliphatic carbocycles. The lowest BCUT2D eigenvalue weighted by atomic mass is 9.96. The Morgan fingerprint density at radius 1 is 0.373 bits per heavy atom. The molecule has 0 spiro atoms. The fourth-order valence-corrected chi connectivity index (χ4v) is 8.35. The van der Waals surface area contributed by atoms with Crippen LogP contribution in [0.5, 0.6) is 0 Å². The number of aromatic nitrogens is 3. The Morgan fingerprint density at radius 2 is 0.966 bits per heavy atom. The van der Waals surface area contributed by atoms with Crippen molar-refractivity contribution < 1.29 is 8.83 Å². The second kappa shape index (κ2) is 13.3. The third-order valence-corrected chi connectivity index (χ3v) is 11.3. The number of furan rings is 1. The molecule has 12 aromatic rings. The van der Waals surface area contributed by atoms with E-state index in [9.17, 15) is 0 Å². The van der Waals surface area contributed by atoms with E-state index in [-0.39, 0.29) is 0 Å². The van der Waals surface area contributed by atoms with Crippen molar-refractivity contribution in [3.63, 3.8) is 0 Å². The van der Waals surface area contributed by atoms with Crippen LogP contribution in [0.15, 0.2) is 203 Å². The summed E-state index contributed by atoms with van der Waals surface area (Å²) in [4.78, 5) is 16.6. The first-order valence-corrected chi connectivity index (χ1v) is 19.7. The lowest BCUT2D eigenvalue weighted by Gasteiger charge is -2.26. The highest BCUT2D eigenvalue weighted by molar-refractivity contribution is 6.10. The summed E-state index contributed by atoms with van der Waals surface area (Å²) < 4.78 is 12.1. The van der Waals surface area contributed by atoms with E-state index < -0.39 is 0 Å². The van der Waals surface area contributed by atoms with E-state index in [1.165, 1.54) is 38.1 Å². The highest BCUT2D eigenvalue weighted by atomic mass is 16.3. The molecule has 0 saturated carbocycles. The number of para-hydroxylation sites is 3. The molecule has 0 aliphatic heterocycles. The maximum Gasteiger partial charge on any atom is 0.227 e. The van der Waals surface area contributed by atoms with E-state index in [0.29, 0.717) is 17.3 Å². The van der Waals surface area contributed by atoms with Crippen LogP contribution in [0.1, 0.15) is 0 Å². The Labute approximate surface area is 338 Å². The molecule has 0 saturated heterocycles. The van der Waals surface area contributed by atoms with Crippen molar-refractivity contribution in [1.82, 2.24) is 15.0 Å². The average molecular weight is 757 g/mol. The van der Waals surface area contributed by atoms with E-state index in [1.807, 2.05) is 48.5 Å². The molecule has 0 radical (unpaired) electrons. The van der Waals surface area contributed by atoms with E-state index >= 15 is 0 Å². The zero-order valence-corrected chi connectivity index (χ0v) is 31.6. The topological polar surface area (TPSA) is 68.2 Å². The minimum absolute atomic E-state index is 0.595. The maximum atomic E-state index is 6.11. The number of benzene rings is 9. The number of anilines is 3. The van der Waals surface area contributed by atoms with Crippen LogP contribution in [-0.4, -0.2) is 15.0 Å². The minimum Gasteiger partial charge on any atom is -0.453 e. The monoisotopic (exact) mass is 756 g/mol. The first-order valence-electron chi connectivity index (χ1n) is 19.7. The molecule has 12 rings (SSSR count). The summed E-state index contributed by atoms with van der Waals surface area (Å²) >= 11 is 0. The molecule has 0 aliphatic rings. The first-order chi connectivity index (χ1) is 29.2. The molecule has 276 valence electrons. The van der Waals surface area contributed by atoms with Gasteiger partial charge < -0.3 is 13.7 Å². The predicted octanol–water partition coefficient (Wildman–Crippen LogP) is 14.4. The van der Waals surface area contributed by atoms with Crippen LogP contribution in [0.4, 0.5) is 17.1 Å². The van der Waals surface area contributed by atoms with Crippen molar-refractivity contribution in [3.8, 4) is 34.0 Å². The molecule has 0 fully saturated rings. The van der Waals surface area contributed by atoms with Gasteiger partial charge in [-0.15, -0.1) is 0 Å². The molecular formula is C53H32N4O2. The summed E-state index contributed by atoms with van der Waals surface area (Å²) in [7, 11) is 0. The molecule has 6 heteroatoms. The van der Waals surface area contributed by atoms with Gasteiger partial charge in [0.15, 0.2) is 17.0 Å². The fraction of sp³-hybridized carbons (Fsp3) is 0. The van der Waals surface area contributed by atoms with E-state index in [2.05, 4.69) is 149 Å². The molecule has 3 heterocycles. The van der Waals surface area contributed by atoms with Crippen molar-refractivity contribution >= 4 is 82.5 Å². The van der Waals surface area contributed by atoms with E-state index in [0.717, 1.165) is 61.2 Å². The lowest BCUT2D eigenvalue weighted by Crippen LogP contribution is -2.10. The number of hydrogen-bond acceptors (Lipinski definition) is 6. The maximum absolute atomic E-state index is 6.11. The molecule has 0 N–H and O–H groups in total. The number of hydrogen-bond donors (Lipinski definition) is 0. The molecule has 0 amide bonds. The van der Waals surface area contributed by atoms with Gasteiger partial charge in [-0.05, 0) is 141 Å². The van der Waals surface area contributed by atoms with Gasteiger partial charge in [0, 0.05) is 33.6 Å². The summed E-state index contributed by atoms with van der Waals surface area (Å²) in [6.07, 6.45) is 1.76. The number of rotatable bonds is 6. The molecule has 0 bridgehead atoms. The van der Waals surface area contributed by atoms with Crippen molar-refractivity contribution in [2.45, 2.75) is 0 Å². The summed E-state index contributed by atoms with van der Waals surface area (Å²) in [5.74, 6) is 1.24. The van der Waals surface area contributed by atoms with Gasteiger partial charge in [0.05, 0.1) is 6.20 Å². The second-order valence-electron chi connectivity index (χ2n) is 14.9. The molecule has 0 unspecified atom stereocenters. The third kappa shape index (κ3) is 5.69. The van der Waals surface area contributed by atoms with Crippen molar-refractivity contribution in [3.05, 3.63) is 194 Å². The van der Waals surface area contributed by atoms with Crippen LogP contribution in [0.25, 0.3) is 99.5 Å². The molecule has 3 aromatic heterocycles. The Kier molecular flexibility index (Phi) is 7.43. The number of oxazole rings is 1. The van der Waals surface area contributed by atoms with Crippen LogP contribution >= 0.6 is 0 Å². The predicted molar refractivity (Wildman–Crippen MR) is 240 cm³/mol. The normalized spacial score (nSPS) is 11.7. The van der Waals surface area contributed by atoms with Crippen LogP contribution < -0.4 is 4.90 Å². The summed E-state index contributed by atoms with van der Waals surface area (Å²) in [6, 6.07) is 65.8. The lowest BCUT2D eigenvalue weighted by molar-refractivity contribution is 0.620. The van der Waals surface area contributed by atoms with Crippen LogP contribution in [0.3, 0.4) is 0 Å². The van der Waals surface area contributed by atoms with Gasteiger partial charge >= 0.3 is 0 Å². The smallest absolute Gasteiger partial charge is 0.227 e. The van der Waals surface area contributed by atoms with Gasteiger partial charge in [-0.2, -0.15) is 0 Å². The quantitative estimate of drug-likeness (QED) is 0.157. The zero-order chi connectivity index (χ0) is 38.9.